The van der Waals surface area contributed by atoms with E-state index in [1.165, 1.54) is 0 Å². The molecule has 2 rings (SSSR count). The largest absolute Gasteiger partial charge is 0.493 e. The smallest absolute Gasteiger partial charge is 0.220 e. The number of H-pyrrole nitrogens is 1. The Bertz CT molecular complexity index is 770. The fourth-order valence-corrected chi connectivity index (χ4v) is 3.23. The van der Waals surface area contributed by atoms with Crippen LogP contribution >= 0.6 is 11.6 Å². The highest BCUT2D eigenvalue weighted by molar-refractivity contribution is 6.33. The van der Waals surface area contributed by atoms with E-state index in [1.54, 1.807) is 14.2 Å². The number of ether oxygens (including phenoxy) is 2. The van der Waals surface area contributed by atoms with Gasteiger partial charge in [-0.3, -0.25) is 4.79 Å². The average Bonchev–Trinajstić information content (AvgIpc) is 2.97. The van der Waals surface area contributed by atoms with E-state index >= 15 is 0 Å². The van der Waals surface area contributed by atoms with E-state index in [0.717, 1.165) is 35.6 Å². The van der Waals surface area contributed by atoms with Crippen LogP contribution in [-0.2, 0) is 17.8 Å². The standard InChI is InChI=1S/C20H28ClN3O3/c1-12(10-15-7-8-16(26-4)20(27-5)19(15)21)6-9-18(25)22-11-17-23-13(2)14(3)24-17/h7-8,12H,6,9-11H2,1-5H3,(H,22,25)(H,23,24). The van der Waals surface area contributed by atoms with E-state index < -0.39 is 0 Å². The zero-order chi connectivity index (χ0) is 20.0. The lowest BCUT2D eigenvalue weighted by Crippen LogP contribution is -2.23. The Morgan fingerprint density at radius 1 is 1.30 bits per heavy atom. The van der Waals surface area contributed by atoms with Crippen LogP contribution in [0.1, 0.15) is 42.5 Å². The fourth-order valence-electron chi connectivity index (χ4n) is 2.92. The number of carbonyl (C=O) groups is 1. The number of methoxy groups -OCH3 is 2. The molecule has 0 saturated carbocycles. The molecule has 27 heavy (non-hydrogen) atoms. The summed E-state index contributed by atoms with van der Waals surface area (Å²) in [6.07, 6.45) is 2.00. The quantitative estimate of drug-likeness (QED) is 0.675. The molecule has 1 amide bonds. The third-order valence-corrected chi connectivity index (χ3v) is 5.04. The number of imidazole rings is 1. The zero-order valence-corrected chi connectivity index (χ0v) is 17.4. The number of aromatic nitrogens is 2. The highest BCUT2D eigenvalue weighted by Gasteiger charge is 2.16. The number of aryl methyl sites for hydroxylation is 2. The molecule has 1 unspecified atom stereocenters. The Morgan fingerprint density at radius 2 is 2.04 bits per heavy atom. The maximum Gasteiger partial charge on any atom is 0.220 e. The third kappa shape index (κ3) is 5.63. The zero-order valence-electron chi connectivity index (χ0n) is 16.6. The lowest BCUT2D eigenvalue weighted by atomic mass is 9.96. The molecular formula is C20H28ClN3O3. The molecule has 0 spiro atoms. The van der Waals surface area contributed by atoms with Gasteiger partial charge in [-0.1, -0.05) is 24.6 Å². The van der Waals surface area contributed by atoms with Gasteiger partial charge in [0.2, 0.25) is 5.91 Å². The molecule has 7 heteroatoms. The van der Waals surface area contributed by atoms with E-state index in [-0.39, 0.29) is 5.91 Å². The summed E-state index contributed by atoms with van der Waals surface area (Å²) in [4.78, 5) is 19.6. The van der Waals surface area contributed by atoms with Crippen molar-refractivity contribution in [1.82, 2.24) is 15.3 Å². The highest BCUT2D eigenvalue weighted by Crippen LogP contribution is 2.38. The number of halogens is 1. The van der Waals surface area contributed by atoms with Gasteiger partial charge in [-0.05, 0) is 44.2 Å². The first-order valence-corrected chi connectivity index (χ1v) is 9.41. The second kappa shape index (κ2) is 9.65. The first kappa shape index (κ1) is 21.1. The molecule has 1 heterocycles. The summed E-state index contributed by atoms with van der Waals surface area (Å²) in [5, 5.41) is 3.47. The first-order valence-electron chi connectivity index (χ1n) is 9.03. The number of nitrogens with one attached hydrogen (secondary N) is 2. The Labute approximate surface area is 165 Å². The van der Waals surface area contributed by atoms with Gasteiger partial charge in [-0.25, -0.2) is 4.98 Å². The molecule has 0 aliphatic rings. The van der Waals surface area contributed by atoms with Crippen molar-refractivity contribution < 1.29 is 14.3 Å². The van der Waals surface area contributed by atoms with Gasteiger partial charge in [0, 0.05) is 12.1 Å². The number of hydrogen-bond acceptors (Lipinski definition) is 4. The summed E-state index contributed by atoms with van der Waals surface area (Å²) in [6.45, 7) is 6.44. The maximum atomic E-state index is 12.1. The second-order valence-corrected chi connectivity index (χ2v) is 7.17. The summed E-state index contributed by atoms with van der Waals surface area (Å²) < 4.78 is 10.6. The van der Waals surface area contributed by atoms with Crippen molar-refractivity contribution >= 4 is 17.5 Å². The topological polar surface area (TPSA) is 76.2 Å². The van der Waals surface area contributed by atoms with Gasteiger partial charge in [0.05, 0.1) is 31.5 Å². The number of carbonyl (C=O) groups excluding carboxylic acids is 1. The van der Waals surface area contributed by atoms with Gasteiger partial charge in [0.1, 0.15) is 5.82 Å². The molecule has 1 aromatic carbocycles. The molecular weight excluding hydrogens is 366 g/mol. The van der Waals surface area contributed by atoms with Gasteiger partial charge in [0.25, 0.3) is 0 Å². The molecule has 6 nitrogen and oxygen atoms in total. The number of nitrogens with zero attached hydrogens (tertiary/aromatic N) is 1. The maximum absolute atomic E-state index is 12.1. The highest BCUT2D eigenvalue weighted by atomic mass is 35.5. The first-order chi connectivity index (χ1) is 12.8. The number of aromatic amines is 1. The van der Waals surface area contributed by atoms with Gasteiger partial charge in [0.15, 0.2) is 11.5 Å². The second-order valence-electron chi connectivity index (χ2n) is 6.79. The average molecular weight is 394 g/mol. The predicted octanol–water partition coefficient (Wildman–Crippen LogP) is 3.97. The molecule has 0 fully saturated rings. The molecule has 148 valence electrons. The van der Waals surface area contributed by atoms with Gasteiger partial charge in [-0.15, -0.1) is 0 Å². The third-order valence-electron chi connectivity index (χ3n) is 4.63. The molecule has 1 atom stereocenters. The van der Waals surface area contributed by atoms with E-state index in [2.05, 4.69) is 22.2 Å². The summed E-state index contributed by atoms with van der Waals surface area (Å²) in [5.74, 6) is 2.27. The molecule has 0 aliphatic carbocycles. The molecule has 2 aromatic rings. The Balaban J connectivity index is 1.83. The van der Waals surface area contributed by atoms with Gasteiger partial charge < -0.3 is 19.8 Å². The number of amides is 1. The predicted molar refractivity (Wildman–Crippen MR) is 107 cm³/mol. The van der Waals surface area contributed by atoms with Crippen LogP contribution in [0.2, 0.25) is 5.02 Å². The van der Waals surface area contributed by atoms with Crippen molar-refractivity contribution in [1.29, 1.82) is 0 Å². The van der Waals surface area contributed by atoms with Crippen molar-refractivity contribution in [2.24, 2.45) is 5.92 Å². The summed E-state index contributed by atoms with van der Waals surface area (Å²) in [6, 6.07) is 3.80. The van der Waals surface area contributed by atoms with Crippen molar-refractivity contribution in [3.05, 3.63) is 39.9 Å². The molecule has 0 radical (unpaired) electrons. The SMILES string of the molecule is COc1ccc(CC(C)CCC(=O)NCc2nc(C)c(C)[nH]2)c(Cl)c1OC. The van der Waals surface area contributed by atoms with Crippen LogP contribution < -0.4 is 14.8 Å². The van der Waals surface area contributed by atoms with Crippen LogP contribution in [0.3, 0.4) is 0 Å². The minimum Gasteiger partial charge on any atom is -0.493 e. The lowest BCUT2D eigenvalue weighted by Gasteiger charge is -2.16. The Kier molecular flexibility index (Phi) is 7.54. The monoisotopic (exact) mass is 393 g/mol. The van der Waals surface area contributed by atoms with Crippen LogP contribution in [0.15, 0.2) is 12.1 Å². The number of hydrogen-bond donors (Lipinski definition) is 2. The van der Waals surface area contributed by atoms with E-state index in [9.17, 15) is 4.79 Å². The fraction of sp³-hybridized carbons (Fsp3) is 0.500. The van der Waals surface area contributed by atoms with Gasteiger partial charge in [-0.2, -0.15) is 0 Å². The van der Waals surface area contributed by atoms with Crippen LogP contribution in [-0.4, -0.2) is 30.1 Å². The van der Waals surface area contributed by atoms with Crippen molar-refractivity contribution in [3.8, 4) is 11.5 Å². The Morgan fingerprint density at radius 3 is 2.63 bits per heavy atom. The summed E-state index contributed by atoms with van der Waals surface area (Å²) >= 11 is 6.44. The molecule has 0 saturated heterocycles. The van der Waals surface area contributed by atoms with E-state index in [1.807, 2.05) is 26.0 Å². The summed E-state index contributed by atoms with van der Waals surface area (Å²) in [7, 11) is 3.16. The van der Waals surface area contributed by atoms with Crippen LogP contribution in [0, 0.1) is 19.8 Å². The number of rotatable bonds is 9. The normalized spacial score (nSPS) is 11.9. The molecule has 0 aliphatic heterocycles. The summed E-state index contributed by atoms with van der Waals surface area (Å²) in [5.41, 5.74) is 2.98. The Hall–Kier alpha value is -2.21. The van der Waals surface area contributed by atoms with Crippen LogP contribution in [0.4, 0.5) is 0 Å². The van der Waals surface area contributed by atoms with Crippen molar-refractivity contribution in [3.63, 3.8) is 0 Å². The minimum absolute atomic E-state index is 0.0203. The van der Waals surface area contributed by atoms with E-state index in [4.69, 9.17) is 21.1 Å². The molecule has 1 aromatic heterocycles. The van der Waals surface area contributed by atoms with Crippen molar-refractivity contribution in [2.75, 3.05) is 14.2 Å². The van der Waals surface area contributed by atoms with Gasteiger partial charge >= 0.3 is 0 Å². The van der Waals surface area contributed by atoms with E-state index in [0.29, 0.717) is 35.4 Å². The minimum atomic E-state index is 0.0203. The molecule has 2 N–H and O–H groups in total. The van der Waals surface area contributed by atoms with Crippen molar-refractivity contribution in [2.45, 2.75) is 46.6 Å². The lowest BCUT2D eigenvalue weighted by molar-refractivity contribution is -0.121. The number of benzene rings is 1. The van der Waals surface area contributed by atoms with Crippen LogP contribution in [0.5, 0.6) is 11.5 Å². The van der Waals surface area contributed by atoms with Crippen LogP contribution in [0.25, 0.3) is 0 Å². The molecule has 0 bridgehead atoms.